The monoisotopic (exact) mass is 319 g/mol. The summed E-state index contributed by atoms with van der Waals surface area (Å²) in [7, 11) is 1.72. The van der Waals surface area contributed by atoms with Crippen LogP contribution in [0.4, 0.5) is 16.2 Å². The fourth-order valence-electron chi connectivity index (χ4n) is 2.65. The lowest BCUT2D eigenvalue weighted by molar-refractivity contribution is -0.116. The molecule has 1 aliphatic rings. The van der Waals surface area contributed by atoms with Gasteiger partial charge in [-0.25, -0.2) is 4.79 Å². The Labute approximate surface area is 137 Å². The lowest BCUT2D eigenvalue weighted by atomic mass is 10.1. The second-order valence-corrected chi connectivity index (χ2v) is 5.72. The van der Waals surface area contributed by atoms with Crippen LogP contribution in [0.15, 0.2) is 24.3 Å². The molecule has 0 spiro atoms. The number of carbonyl (C=O) groups excluding carboxylic acids is 2. The minimum Gasteiger partial charge on any atom is -0.377 e. The Morgan fingerprint density at radius 3 is 2.65 bits per heavy atom. The highest BCUT2D eigenvalue weighted by Crippen LogP contribution is 2.19. The molecule has 1 unspecified atom stereocenters. The first-order chi connectivity index (χ1) is 11.0. The van der Waals surface area contributed by atoms with Crippen LogP contribution in [0.25, 0.3) is 0 Å². The van der Waals surface area contributed by atoms with Crippen molar-refractivity contribution in [3.8, 4) is 0 Å². The molecule has 1 saturated heterocycles. The van der Waals surface area contributed by atoms with E-state index in [9.17, 15) is 9.59 Å². The first kappa shape index (κ1) is 17.3. The van der Waals surface area contributed by atoms with Gasteiger partial charge in [0.25, 0.3) is 0 Å². The number of nitrogens with zero attached hydrogens (tertiary/aromatic N) is 2. The molecule has 1 fully saturated rings. The summed E-state index contributed by atoms with van der Waals surface area (Å²) in [5.74, 6) is -0.0305. The number of amides is 3. The number of nitrogens with one attached hydrogen (secondary N) is 1. The van der Waals surface area contributed by atoms with Gasteiger partial charge in [0, 0.05) is 45.0 Å². The van der Waals surface area contributed by atoms with Crippen molar-refractivity contribution in [3.05, 3.63) is 24.3 Å². The maximum absolute atomic E-state index is 12.3. The molecule has 0 bridgehead atoms. The van der Waals surface area contributed by atoms with E-state index in [0.29, 0.717) is 18.8 Å². The molecule has 1 aliphatic heterocycles. The molecule has 0 saturated carbocycles. The zero-order chi connectivity index (χ0) is 16.8. The van der Waals surface area contributed by atoms with Gasteiger partial charge in [0.1, 0.15) is 0 Å². The Morgan fingerprint density at radius 2 is 2.04 bits per heavy atom. The number of likely N-dealkylation sites (tertiary alicyclic amines) is 1. The number of rotatable bonds is 4. The normalized spacial score (nSPS) is 17.7. The zero-order valence-corrected chi connectivity index (χ0v) is 14.0. The second-order valence-electron chi connectivity index (χ2n) is 5.72. The van der Waals surface area contributed by atoms with Gasteiger partial charge in [-0.05, 0) is 44.0 Å². The van der Waals surface area contributed by atoms with E-state index in [1.54, 1.807) is 29.0 Å². The van der Waals surface area contributed by atoms with Crippen molar-refractivity contribution in [1.29, 1.82) is 0 Å². The standard InChI is InChI=1S/C17H25N3O3/c1-4-23-16-6-5-11-20(12-16)17(22)18-14-7-9-15(10-8-14)19(3)13(2)21/h7-10,16H,4-6,11-12H2,1-3H3,(H,18,22). The van der Waals surface area contributed by atoms with Crippen LogP contribution < -0.4 is 10.2 Å². The third-order valence-electron chi connectivity index (χ3n) is 4.05. The average Bonchev–Trinajstić information content (AvgIpc) is 2.55. The van der Waals surface area contributed by atoms with Gasteiger partial charge in [0.2, 0.25) is 5.91 Å². The predicted molar refractivity (Wildman–Crippen MR) is 90.8 cm³/mol. The minimum absolute atomic E-state index is 0.0305. The van der Waals surface area contributed by atoms with Crippen LogP contribution in [0.3, 0.4) is 0 Å². The van der Waals surface area contributed by atoms with Gasteiger partial charge in [-0.1, -0.05) is 0 Å². The zero-order valence-electron chi connectivity index (χ0n) is 14.0. The summed E-state index contributed by atoms with van der Waals surface area (Å²) < 4.78 is 5.62. The van der Waals surface area contributed by atoms with E-state index < -0.39 is 0 Å². The molecule has 6 heteroatoms. The fraction of sp³-hybridized carbons (Fsp3) is 0.529. The highest BCUT2D eigenvalue weighted by Gasteiger charge is 2.23. The molecule has 0 radical (unpaired) electrons. The number of hydrogen-bond acceptors (Lipinski definition) is 3. The summed E-state index contributed by atoms with van der Waals surface area (Å²) in [6.07, 6.45) is 2.09. The molecule has 1 atom stereocenters. The number of benzene rings is 1. The summed E-state index contributed by atoms with van der Waals surface area (Å²) in [5.41, 5.74) is 1.51. The van der Waals surface area contributed by atoms with E-state index in [1.165, 1.54) is 6.92 Å². The van der Waals surface area contributed by atoms with Gasteiger partial charge in [0.05, 0.1) is 6.10 Å². The molecule has 1 heterocycles. The summed E-state index contributed by atoms with van der Waals surface area (Å²) in [5, 5.41) is 2.90. The van der Waals surface area contributed by atoms with Gasteiger partial charge in [-0.15, -0.1) is 0 Å². The molecule has 1 aromatic rings. The van der Waals surface area contributed by atoms with E-state index in [2.05, 4.69) is 5.32 Å². The molecule has 0 aromatic heterocycles. The van der Waals surface area contributed by atoms with Crippen molar-refractivity contribution in [3.63, 3.8) is 0 Å². The van der Waals surface area contributed by atoms with Crippen molar-refractivity contribution in [2.45, 2.75) is 32.8 Å². The lowest BCUT2D eigenvalue weighted by Crippen LogP contribution is -2.45. The summed E-state index contributed by atoms with van der Waals surface area (Å²) in [6.45, 7) is 5.54. The third kappa shape index (κ3) is 4.69. The van der Waals surface area contributed by atoms with E-state index in [0.717, 1.165) is 25.1 Å². The number of urea groups is 1. The molecule has 6 nitrogen and oxygen atoms in total. The molecule has 23 heavy (non-hydrogen) atoms. The quantitative estimate of drug-likeness (QED) is 0.928. The third-order valence-corrected chi connectivity index (χ3v) is 4.05. The first-order valence-electron chi connectivity index (χ1n) is 8.03. The van der Waals surface area contributed by atoms with Crippen LogP contribution in [0.5, 0.6) is 0 Å². The largest absolute Gasteiger partial charge is 0.377 e. The van der Waals surface area contributed by atoms with Crippen LogP contribution in [0, 0.1) is 0 Å². The van der Waals surface area contributed by atoms with Gasteiger partial charge in [0.15, 0.2) is 0 Å². The topological polar surface area (TPSA) is 61.9 Å². The molecule has 3 amide bonds. The number of ether oxygens (including phenoxy) is 1. The predicted octanol–water partition coefficient (Wildman–Crippen LogP) is 2.70. The first-order valence-corrected chi connectivity index (χ1v) is 8.03. The van der Waals surface area contributed by atoms with Crippen LogP contribution in [-0.4, -0.2) is 49.7 Å². The van der Waals surface area contributed by atoms with Crippen molar-refractivity contribution in [2.24, 2.45) is 0 Å². The molecule has 0 aliphatic carbocycles. The molecule has 1 aromatic carbocycles. The van der Waals surface area contributed by atoms with Crippen molar-refractivity contribution >= 4 is 23.3 Å². The Balaban J connectivity index is 1.93. The molecule has 1 N–H and O–H groups in total. The second kappa shape index (κ2) is 7.97. The number of hydrogen-bond donors (Lipinski definition) is 1. The number of piperidine rings is 1. The maximum Gasteiger partial charge on any atom is 0.321 e. The van der Waals surface area contributed by atoms with Crippen LogP contribution >= 0.6 is 0 Å². The van der Waals surface area contributed by atoms with Crippen molar-refractivity contribution in [2.75, 3.05) is 37.0 Å². The Bertz CT molecular complexity index is 543. The SMILES string of the molecule is CCOC1CCCN(C(=O)Nc2ccc(N(C)C(C)=O)cc2)C1. The Morgan fingerprint density at radius 1 is 1.35 bits per heavy atom. The lowest BCUT2D eigenvalue weighted by Gasteiger charge is -2.32. The Hall–Kier alpha value is -2.08. The molecule has 126 valence electrons. The fourth-order valence-corrected chi connectivity index (χ4v) is 2.65. The van der Waals surface area contributed by atoms with Crippen molar-refractivity contribution in [1.82, 2.24) is 4.90 Å². The van der Waals surface area contributed by atoms with Crippen LogP contribution in [-0.2, 0) is 9.53 Å². The maximum atomic E-state index is 12.3. The molecular formula is C17H25N3O3. The number of anilines is 2. The smallest absolute Gasteiger partial charge is 0.321 e. The summed E-state index contributed by atoms with van der Waals surface area (Å²) in [4.78, 5) is 27.0. The molecule has 2 rings (SSSR count). The summed E-state index contributed by atoms with van der Waals surface area (Å²) in [6, 6.07) is 7.13. The van der Waals surface area contributed by atoms with Crippen LogP contribution in [0.1, 0.15) is 26.7 Å². The van der Waals surface area contributed by atoms with E-state index in [1.807, 2.05) is 19.1 Å². The highest BCUT2D eigenvalue weighted by atomic mass is 16.5. The van der Waals surface area contributed by atoms with Gasteiger partial charge in [-0.2, -0.15) is 0 Å². The van der Waals surface area contributed by atoms with Gasteiger partial charge in [-0.3, -0.25) is 4.79 Å². The highest BCUT2D eigenvalue weighted by molar-refractivity contribution is 5.92. The van der Waals surface area contributed by atoms with E-state index in [4.69, 9.17) is 4.74 Å². The number of carbonyl (C=O) groups is 2. The van der Waals surface area contributed by atoms with E-state index >= 15 is 0 Å². The Kier molecular flexibility index (Phi) is 5.98. The van der Waals surface area contributed by atoms with E-state index in [-0.39, 0.29) is 18.0 Å². The van der Waals surface area contributed by atoms with Gasteiger partial charge < -0.3 is 19.9 Å². The van der Waals surface area contributed by atoms with Crippen molar-refractivity contribution < 1.29 is 14.3 Å². The average molecular weight is 319 g/mol. The van der Waals surface area contributed by atoms with Gasteiger partial charge >= 0.3 is 6.03 Å². The summed E-state index contributed by atoms with van der Waals surface area (Å²) >= 11 is 0. The molecular weight excluding hydrogens is 294 g/mol. The minimum atomic E-state index is -0.109. The van der Waals surface area contributed by atoms with Crippen LogP contribution in [0.2, 0.25) is 0 Å².